The number of nitrogens with two attached hydrogens (primary N) is 1. The number of allylic oxidation sites excluding steroid dienone is 1. The molecule has 0 aromatic rings. The van der Waals surface area contributed by atoms with E-state index in [1.807, 2.05) is 0 Å². The third kappa shape index (κ3) is 3.34. The van der Waals surface area contributed by atoms with Crippen molar-refractivity contribution in [2.75, 3.05) is 32.7 Å². The third-order valence-corrected chi connectivity index (χ3v) is 7.69. The van der Waals surface area contributed by atoms with Gasteiger partial charge in [-0.1, -0.05) is 25.5 Å². The highest BCUT2D eigenvalue weighted by Gasteiger charge is 2.60. The molecule has 3 aliphatic rings. The number of quaternary nitrogens is 2. The molecule has 2 fully saturated rings. The molecule has 0 unspecified atom stereocenters. The third-order valence-electron chi connectivity index (χ3n) is 7.69. The zero-order chi connectivity index (χ0) is 18.9. The summed E-state index contributed by atoms with van der Waals surface area (Å²) in [5.41, 5.74) is 1.12. The van der Waals surface area contributed by atoms with Gasteiger partial charge in [-0.05, 0) is 32.6 Å². The van der Waals surface area contributed by atoms with Crippen LogP contribution in [0.5, 0.6) is 0 Å². The van der Waals surface area contributed by atoms with Crippen molar-refractivity contribution in [2.45, 2.75) is 59.2 Å². The topological polar surface area (TPSA) is 67.6 Å². The van der Waals surface area contributed by atoms with Gasteiger partial charge in [0.05, 0.1) is 25.7 Å². The zero-order valence-electron chi connectivity index (χ0n) is 17.0. The fourth-order valence-electron chi connectivity index (χ4n) is 5.54. The maximum absolute atomic E-state index is 12.5. The van der Waals surface area contributed by atoms with Gasteiger partial charge in [-0.15, -0.1) is 0 Å². The van der Waals surface area contributed by atoms with Crippen LogP contribution in [-0.4, -0.2) is 56.0 Å². The van der Waals surface area contributed by atoms with Crippen molar-refractivity contribution in [3.63, 3.8) is 0 Å². The van der Waals surface area contributed by atoms with Crippen molar-refractivity contribution < 1.29 is 24.9 Å². The molecule has 4 N–H and O–H groups in total. The quantitative estimate of drug-likeness (QED) is 0.331. The molecule has 2 aliphatic carbocycles. The molecule has 1 saturated carbocycles. The molecule has 1 aliphatic heterocycles. The summed E-state index contributed by atoms with van der Waals surface area (Å²) >= 11 is 0. The molecule has 0 bridgehead atoms. The van der Waals surface area contributed by atoms with Gasteiger partial charge in [0.25, 0.3) is 0 Å². The van der Waals surface area contributed by atoms with Crippen LogP contribution in [0, 0.1) is 23.2 Å². The predicted molar refractivity (Wildman–Crippen MR) is 101 cm³/mol. The minimum atomic E-state index is -0.485. The van der Waals surface area contributed by atoms with Crippen LogP contribution in [0.2, 0.25) is 0 Å². The first-order valence-corrected chi connectivity index (χ1v) is 10.7. The molecule has 1 heterocycles. The minimum Gasteiger partial charge on any atom is -0.461 e. The Morgan fingerprint density at radius 2 is 2.12 bits per heavy atom. The molecular formula is C21H38N2O3+2. The van der Waals surface area contributed by atoms with E-state index in [4.69, 9.17) is 4.74 Å². The van der Waals surface area contributed by atoms with Crippen LogP contribution >= 0.6 is 0 Å². The molecule has 0 spiro atoms. The van der Waals surface area contributed by atoms with Gasteiger partial charge in [-0.3, -0.25) is 4.79 Å². The van der Waals surface area contributed by atoms with Crippen LogP contribution in [0.15, 0.2) is 11.6 Å². The van der Waals surface area contributed by atoms with Crippen LogP contribution < -0.4 is 10.2 Å². The van der Waals surface area contributed by atoms with Gasteiger partial charge in [-0.25, -0.2) is 0 Å². The Bertz CT molecular complexity index is 545. The van der Waals surface area contributed by atoms with Crippen molar-refractivity contribution in [2.24, 2.45) is 23.2 Å². The summed E-state index contributed by atoms with van der Waals surface area (Å²) in [6.07, 6.45) is 4.69. The second-order valence-corrected chi connectivity index (χ2v) is 8.82. The summed E-state index contributed by atoms with van der Waals surface area (Å²) < 4.78 is 5.73. The molecule has 3 rings (SSSR count). The fraction of sp³-hybridized carbons (Fsp3) is 0.857. The Morgan fingerprint density at radius 1 is 1.38 bits per heavy atom. The number of carbonyl (C=O) groups is 1. The number of fused-ring (bicyclic) bond motifs is 2. The summed E-state index contributed by atoms with van der Waals surface area (Å²) in [6.45, 7) is 14.1. The molecule has 0 amide bonds. The number of nitrogens with one attached hydrogen (secondary N) is 1. The summed E-state index contributed by atoms with van der Waals surface area (Å²) in [5, 5.41) is 13.6. The van der Waals surface area contributed by atoms with E-state index in [9.17, 15) is 9.90 Å². The highest BCUT2D eigenvalue weighted by molar-refractivity contribution is 5.76. The van der Waals surface area contributed by atoms with E-state index >= 15 is 0 Å². The molecule has 6 atom stereocenters. The van der Waals surface area contributed by atoms with E-state index in [1.54, 1.807) is 4.90 Å². The number of likely N-dealkylation sites (N-methyl/N-ethyl adjacent to an activating group) is 1. The van der Waals surface area contributed by atoms with Crippen molar-refractivity contribution >= 4 is 5.97 Å². The highest BCUT2D eigenvalue weighted by Crippen LogP contribution is 2.55. The second kappa shape index (κ2) is 7.99. The fourth-order valence-corrected chi connectivity index (χ4v) is 5.54. The van der Waals surface area contributed by atoms with Crippen molar-refractivity contribution in [1.29, 1.82) is 0 Å². The maximum atomic E-state index is 12.5. The zero-order valence-corrected chi connectivity index (χ0v) is 17.0. The van der Waals surface area contributed by atoms with Gasteiger partial charge in [0, 0.05) is 17.8 Å². The smallest absolute Gasteiger partial charge is 0.315 e. The summed E-state index contributed by atoms with van der Waals surface area (Å²) in [4.78, 5) is 14.1. The second-order valence-electron chi connectivity index (χ2n) is 8.82. The van der Waals surface area contributed by atoms with Crippen LogP contribution in [0.4, 0.5) is 0 Å². The lowest BCUT2D eigenvalue weighted by Gasteiger charge is -2.51. The average molecular weight is 367 g/mol. The molecule has 26 heavy (non-hydrogen) atoms. The van der Waals surface area contributed by atoms with Crippen LogP contribution in [-0.2, 0) is 9.53 Å². The van der Waals surface area contributed by atoms with E-state index in [1.165, 1.54) is 5.57 Å². The Morgan fingerprint density at radius 3 is 2.81 bits per heavy atom. The first kappa shape index (κ1) is 19.8. The van der Waals surface area contributed by atoms with Gasteiger partial charge < -0.3 is 20.1 Å². The van der Waals surface area contributed by atoms with E-state index in [2.05, 4.69) is 39.1 Å². The van der Waals surface area contributed by atoms with Gasteiger partial charge >= 0.3 is 5.97 Å². The Hall–Kier alpha value is -0.910. The van der Waals surface area contributed by atoms with Crippen molar-refractivity contribution in [1.82, 2.24) is 0 Å². The lowest BCUT2D eigenvalue weighted by Crippen LogP contribution is -3.14. The molecule has 0 aromatic carbocycles. The number of carbonyl (C=O) groups excluding carboxylic acids is 1. The monoisotopic (exact) mass is 366 g/mol. The van der Waals surface area contributed by atoms with Gasteiger partial charge in [0.2, 0.25) is 0 Å². The van der Waals surface area contributed by atoms with Crippen LogP contribution in [0.25, 0.3) is 0 Å². The summed E-state index contributed by atoms with van der Waals surface area (Å²) in [6, 6.07) is 0. The maximum Gasteiger partial charge on any atom is 0.315 e. The van der Waals surface area contributed by atoms with E-state index in [0.717, 1.165) is 52.0 Å². The van der Waals surface area contributed by atoms with E-state index < -0.39 is 6.10 Å². The average Bonchev–Trinajstić information content (AvgIpc) is 2.93. The first-order valence-electron chi connectivity index (χ1n) is 10.7. The number of esters is 1. The Kier molecular flexibility index (Phi) is 6.10. The number of ether oxygens (including phenoxy) is 1. The van der Waals surface area contributed by atoms with Gasteiger partial charge in [0.15, 0.2) is 0 Å². The standard InChI is InChI=1S/C21H36N2O3/c1-5-23(6-2)11-10-22-13-16-18-17(26-20(16)25)12-15-9-7-8-14(3)21(15,4)19(18)24/h9,14,16-19,22,24H,5-8,10-13H2,1-4H3/p+2/t14-,16-,17-,18+,19+,21-/m0/s1. The van der Waals surface area contributed by atoms with Crippen LogP contribution in [0.3, 0.4) is 0 Å². The Balaban J connectivity index is 1.67. The van der Waals surface area contributed by atoms with Gasteiger partial charge in [-0.2, -0.15) is 0 Å². The minimum absolute atomic E-state index is 0.0535. The number of hydrogen-bond donors (Lipinski definition) is 3. The number of aliphatic hydroxyl groups is 1. The summed E-state index contributed by atoms with van der Waals surface area (Å²) in [5.74, 6) is 0.127. The predicted octanol–water partition coefficient (Wildman–Crippen LogP) is -0.240. The van der Waals surface area contributed by atoms with E-state index in [-0.39, 0.29) is 29.3 Å². The normalized spacial score (nSPS) is 39.4. The van der Waals surface area contributed by atoms with Gasteiger partial charge in [0.1, 0.15) is 25.1 Å². The highest BCUT2D eigenvalue weighted by atomic mass is 16.6. The molecule has 0 aromatic heterocycles. The Labute approximate surface area is 158 Å². The molecule has 0 radical (unpaired) electrons. The largest absolute Gasteiger partial charge is 0.461 e. The molecule has 148 valence electrons. The van der Waals surface area contributed by atoms with E-state index in [0.29, 0.717) is 5.92 Å². The lowest BCUT2D eigenvalue weighted by atomic mass is 9.55. The first-order chi connectivity index (χ1) is 12.4. The molecule has 5 heteroatoms. The lowest BCUT2D eigenvalue weighted by molar-refractivity contribution is -0.909. The SMILES string of the molecule is CC[NH+](CC)CC[NH2+]C[C@@H]1C(=O)O[C@H]2CC3=CCC[C@H](C)[C@]3(C)[C@H](O)[C@@H]21. The summed E-state index contributed by atoms with van der Waals surface area (Å²) in [7, 11) is 0. The molecular weight excluding hydrogens is 328 g/mol. The number of aliphatic hydroxyl groups excluding tert-OH is 1. The van der Waals surface area contributed by atoms with Crippen molar-refractivity contribution in [3.8, 4) is 0 Å². The number of hydrogen-bond acceptors (Lipinski definition) is 3. The van der Waals surface area contributed by atoms with Crippen LogP contribution in [0.1, 0.15) is 47.0 Å². The molecule has 1 saturated heterocycles. The number of rotatable bonds is 7. The molecule has 5 nitrogen and oxygen atoms in total. The van der Waals surface area contributed by atoms with Crippen molar-refractivity contribution in [3.05, 3.63) is 11.6 Å².